The average molecular weight is 308 g/mol. The molecule has 5 nitrogen and oxygen atoms in total. The van der Waals surface area contributed by atoms with Gasteiger partial charge < -0.3 is 10.2 Å². The summed E-state index contributed by atoms with van der Waals surface area (Å²) in [5.74, 6) is 0.890. The predicted octanol–water partition coefficient (Wildman–Crippen LogP) is 1.70. The highest BCUT2D eigenvalue weighted by molar-refractivity contribution is 7.14. The Balaban J connectivity index is 1.56. The van der Waals surface area contributed by atoms with E-state index in [0.29, 0.717) is 12.6 Å². The van der Waals surface area contributed by atoms with Crippen molar-refractivity contribution in [2.75, 3.05) is 31.1 Å². The van der Waals surface area contributed by atoms with E-state index in [1.165, 1.54) is 32.5 Å². The largest absolute Gasteiger partial charge is 0.307 e. The molecule has 0 saturated carbocycles. The van der Waals surface area contributed by atoms with Crippen LogP contribution in [0.5, 0.6) is 0 Å². The molecule has 3 aliphatic heterocycles. The van der Waals surface area contributed by atoms with Crippen molar-refractivity contribution in [3.05, 3.63) is 11.1 Å². The highest BCUT2D eigenvalue weighted by Gasteiger charge is 2.33. The first-order valence-corrected chi connectivity index (χ1v) is 8.73. The number of aromatic nitrogens is 1. The van der Waals surface area contributed by atoms with E-state index >= 15 is 0 Å². The number of nitrogens with zero attached hydrogens (tertiary/aromatic N) is 3. The summed E-state index contributed by atoms with van der Waals surface area (Å²) in [6, 6.07) is 0.604. The fourth-order valence-corrected chi connectivity index (χ4v) is 4.36. The van der Waals surface area contributed by atoms with Crippen LogP contribution in [-0.4, -0.2) is 48.0 Å². The number of carbonyl (C=O) groups excluding carboxylic acids is 1. The normalized spacial score (nSPS) is 27.8. The quantitative estimate of drug-likeness (QED) is 0.899. The minimum Gasteiger partial charge on any atom is -0.307 e. The maximum Gasteiger partial charge on any atom is 0.225 e. The monoisotopic (exact) mass is 308 g/mol. The van der Waals surface area contributed by atoms with E-state index in [0.717, 1.165) is 23.3 Å². The van der Waals surface area contributed by atoms with Gasteiger partial charge in [-0.2, -0.15) is 0 Å². The lowest BCUT2D eigenvalue weighted by Gasteiger charge is -2.45. The van der Waals surface area contributed by atoms with Gasteiger partial charge in [-0.05, 0) is 38.8 Å². The number of fused-ring (bicyclic) bond motifs is 3. The number of nitrogens with one attached hydrogen (secondary N) is 1. The molecule has 1 N–H and O–H groups in total. The maximum atomic E-state index is 11.5. The Hall–Kier alpha value is -0.980. The van der Waals surface area contributed by atoms with E-state index < -0.39 is 0 Å². The first-order chi connectivity index (χ1) is 10.2. The molecular weight excluding hydrogens is 284 g/mol. The zero-order valence-electron chi connectivity index (χ0n) is 12.8. The average Bonchev–Trinajstić information content (AvgIpc) is 2.95. The van der Waals surface area contributed by atoms with Crippen molar-refractivity contribution >= 4 is 22.4 Å². The van der Waals surface area contributed by atoms with E-state index in [2.05, 4.69) is 20.6 Å². The lowest BCUT2D eigenvalue weighted by Crippen LogP contribution is -2.55. The number of thiazole rings is 1. The Morgan fingerprint density at radius 3 is 2.86 bits per heavy atom. The number of rotatable bonds is 5. The third-order valence-electron chi connectivity index (χ3n) is 4.67. The van der Waals surface area contributed by atoms with Gasteiger partial charge in [-0.3, -0.25) is 9.69 Å². The van der Waals surface area contributed by atoms with Gasteiger partial charge >= 0.3 is 0 Å². The summed E-state index contributed by atoms with van der Waals surface area (Å²) in [7, 11) is 0. The Morgan fingerprint density at radius 1 is 1.52 bits per heavy atom. The molecule has 1 amide bonds. The van der Waals surface area contributed by atoms with Crippen LogP contribution in [0.4, 0.5) is 5.13 Å². The van der Waals surface area contributed by atoms with Gasteiger partial charge in [0.2, 0.25) is 5.91 Å². The molecule has 0 aliphatic carbocycles. The van der Waals surface area contributed by atoms with E-state index in [1.807, 2.05) is 6.92 Å². The molecule has 0 radical (unpaired) electrons. The van der Waals surface area contributed by atoms with Gasteiger partial charge in [0, 0.05) is 38.0 Å². The lowest BCUT2D eigenvalue weighted by atomic mass is 9.84. The van der Waals surface area contributed by atoms with E-state index in [9.17, 15) is 4.79 Å². The molecule has 4 rings (SSSR count). The van der Waals surface area contributed by atoms with Gasteiger partial charge in [-0.25, -0.2) is 4.98 Å². The molecule has 21 heavy (non-hydrogen) atoms. The molecule has 2 bridgehead atoms. The van der Waals surface area contributed by atoms with Crippen LogP contribution in [0.15, 0.2) is 5.38 Å². The van der Waals surface area contributed by atoms with Gasteiger partial charge in [-0.15, -0.1) is 11.3 Å². The molecule has 4 heterocycles. The van der Waals surface area contributed by atoms with Gasteiger partial charge in [0.05, 0.1) is 5.69 Å². The van der Waals surface area contributed by atoms with Crippen molar-refractivity contribution in [3.8, 4) is 0 Å². The molecule has 6 heteroatoms. The number of piperidine rings is 3. The van der Waals surface area contributed by atoms with Crippen molar-refractivity contribution in [1.82, 2.24) is 15.2 Å². The molecule has 0 aromatic carbocycles. The summed E-state index contributed by atoms with van der Waals surface area (Å²) in [5, 5.41) is 6.55. The van der Waals surface area contributed by atoms with Gasteiger partial charge in [0.15, 0.2) is 5.13 Å². The van der Waals surface area contributed by atoms with Crippen LogP contribution in [0.1, 0.15) is 32.4 Å². The Morgan fingerprint density at radius 2 is 2.29 bits per heavy atom. The Labute approximate surface area is 130 Å². The van der Waals surface area contributed by atoms with Crippen molar-refractivity contribution in [1.29, 1.82) is 0 Å². The van der Waals surface area contributed by atoms with Crippen LogP contribution >= 0.6 is 11.3 Å². The zero-order valence-corrected chi connectivity index (χ0v) is 13.7. The summed E-state index contributed by atoms with van der Waals surface area (Å²) in [4.78, 5) is 20.4. The third-order valence-corrected chi connectivity index (χ3v) is 5.58. The summed E-state index contributed by atoms with van der Waals surface area (Å²) in [5.41, 5.74) is 1.05. The summed E-state index contributed by atoms with van der Waals surface area (Å²) >= 11 is 1.56. The van der Waals surface area contributed by atoms with Gasteiger partial charge in [0.25, 0.3) is 0 Å². The summed E-state index contributed by atoms with van der Waals surface area (Å²) in [6.07, 6.45) is 2.65. The number of hydrogen-bond donors (Lipinski definition) is 1. The van der Waals surface area contributed by atoms with E-state index in [-0.39, 0.29) is 5.91 Å². The third kappa shape index (κ3) is 3.27. The predicted molar refractivity (Wildman–Crippen MR) is 85.6 cm³/mol. The van der Waals surface area contributed by atoms with Crippen molar-refractivity contribution in [3.63, 3.8) is 0 Å². The topological polar surface area (TPSA) is 48.5 Å². The van der Waals surface area contributed by atoms with E-state index in [1.54, 1.807) is 23.2 Å². The number of carbonyl (C=O) groups is 1. The van der Waals surface area contributed by atoms with Gasteiger partial charge in [-0.1, -0.05) is 0 Å². The van der Waals surface area contributed by atoms with Crippen LogP contribution in [-0.2, 0) is 11.3 Å². The van der Waals surface area contributed by atoms with Crippen LogP contribution < -0.4 is 10.2 Å². The molecule has 1 atom stereocenters. The highest BCUT2D eigenvalue weighted by Crippen LogP contribution is 2.28. The Kier molecular flexibility index (Phi) is 4.57. The molecular formula is C15H24N4OS. The Bertz CT molecular complexity index is 496. The maximum absolute atomic E-state index is 11.5. The summed E-state index contributed by atoms with van der Waals surface area (Å²) in [6.45, 7) is 8.78. The first kappa shape index (κ1) is 14.9. The van der Waals surface area contributed by atoms with Crippen molar-refractivity contribution in [2.45, 2.75) is 39.3 Å². The minimum absolute atomic E-state index is 0.0590. The van der Waals surface area contributed by atoms with Crippen LogP contribution in [0.3, 0.4) is 0 Å². The molecule has 3 saturated heterocycles. The van der Waals surface area contributed by atoms with Crippen LogP contribution in [0.25, 0.3) is 0 Å². The SMILES string of the molecule is CCN(C(C)=O)c1nc(CNC2CN3CCC2CC3)cs1. The summed E-state index contributed by atoms with van der Waals surface area (Å²) < 4.78 is 0. The number of hydrogen-bond acceptors (Lipinski definition) is 5. The van der Waals surface area contributed by atoms with Crippen LogP contribution in [0, 0.1) is 5.92 Å². The van der Waals surface area contributed by atoms with Crippen molar-refractivity contribution in [2.24, 2.45) is 5.92 Å². The lowest BCUT2D eigenvalue weighted by molar-refractivity contribution is -0.116. The molecule has 1 aromatic heterocycles. The highest BCUT2D eigenvalue weighted by atomic mass is 32.1. The van der Waals surface area contributed by atoms with Crippen molar-refractivity contribution < 1.29 is 4.79 Å². The fraction of sp³-hybridized carbons (Fsp3) is 0.733. The zero-order chi connectivity index (χ0) is 14.8. The first-order valence-electron chi connectivity index (χ1n) is 7.85. The smallest absolute Gasteiger partial charge is 0.225 e. The fourth-order valence-electron chi connectivity index (χ4n) is 3.43. The van der Waals surface area contributed by atoms with E-state index in [4.69, 9.17) is 0 Å². The number of amides is 1. The molecule has 3 aliphatic rings. The second-order valence-corrected chi connectivity index (χ2v) is 6.85. The number of anilines is 1. The second-order valence-electron chi connectivity index (χ2n) is 6.01. The molecule has 1 unspecified atom stereocenters. The minimum atomic E-state index is 0.0590. The van der Waals surface area contributed by atoms with Crippen LogP contribution in [0.2, 0.25) is 0 Å². The molecule has 0 spiro atoms. The standard InChI is InChI=1S/C15H24N4OS/c1-3-19(11(2)20)15-17-13(10-21-15)8-16-14-9-18-6-4-12(14)5-7-18/h10,12,14,16H,3-9H2,1-2H3. The second kappa shape index (κ2) is 6.42. The van der Waals surface area contributed by atoms with Gasteiger partial charge in [0.1, 0.15) is 0 Å². The molecule has 116 valence electrons. The molecule has 1 aromatic rings. The molecule has 3 fully saturated rings.